The van der Waals surface area contributed by atoms with Crippen molar-refractivity contribution in [2.75, 3.05) is 20.1 Å². The van der Waals surface area contributed by atoms with Gasteiger partial charge in [0.05, 0.1) is 0 Å². The number of halogens is 1. The standard InChI is InChI=1S/C11H15BrN2O/c1-14-6-9(7-14)10-3-2-8(5-13-15)4-11(10)12/h2-4,9,13,15H,5-7H2,1H3. The van der Waals surface area contributed by atoms with Crippen LogP contribution in [-0.4, -0.2) is 30.2 Å². The van der Waals surface area contributed by atoms with E-state index in [0.29, 0.717) is 12.5 Å². The molecule has 0 radical (unpaired) electrons. The summed E-state index contributed by atoms with van der Waals surface area (Å²) < 4.78 is 1.15. The highest BCUT2D eigenvalue weighted by Crippen LogP contribution is 2.31. The lowest BCUT2D eigenvalue weighted by atomic mass is 9.91. The lowest BCUT2D eigenvalue weighted by Crippen LogP contribution is -2.41. The van der Waals surface area contributed by atoms with E-state index in [4.69, 9.17) is 5.21 Å². The highest BCUT2D eigenvalue weighted by molar-refractivity contribution is 9.10. The average molecular weight is 271 g/mol. The third-order valence-electron chi connectivity index (χ3n) is 2.85. The number of likely N-dealkylation sites (N-methyl/N-ethyl adjacent to an activating group) is 1. The molecule has 0 bridgehead atoms. The van der Waals surface area contributed by atoms with Crippen molar-refractivity contribution in [3.05, 3.63) is 33.8 Å². The largest absolute Gasteiger partial charge is 0.316 e. The highest BCUT2D eigenvalue weighted by Gasteiger charge is 2.26. The van der Waals surface area contributed by atoms with E-state index in [-0.39, 0.29) is 0 Å². The van der Waals surface area contributed by atoms with Gasteiger partial charge in [-0.15, -0.1) is 0 Å². The average Bonchev–Trinajstić information content (AvgIpc) is 2.15. The van der Waals surface area contributed by atoms with Crippen molar-refractivity contribution in [3.63, 3.8) is 0 Å². The molecule has 2 N–H and O–H groups in total. The number of nitrogens with zero attached hydrogens (tertiary/aromatic N) is 1. The Morgan fingerprint density at radius 2 is 2.27 bits per heavy atom. The van der Waals surface area contributed by atoms with Crippen molar-refractivity contribution in [2.45, 2.75) is 12.5 Å². The van der Waals surface area contributed by atoms with Crippen LogP contribution in [0.4, 0.5) is 0 Å². The summed E-state index contributed by atoms with van der Waals surface area (Å²) in [6.07, 6.45) is 0. The molecule has 15 heavy (non-hydrogen) atoms. The Morgan fingerprint density at radius 3 is 2.80 bits per heavy atom. The molecule has 1 heterocycles. The molecule has 0 atom stereocenters. The fourth-order valence-electron chi connectivity index (χ4n) is 2.00. The lowest BCUT2D eigenvalue weighted by molar-refractivity contribution is 0.161. The van der Waals surface area contributed by atoms with Crippen molar-refractivity contribution in [1.82, 2.24) is 10.4 Å². The molecule has 1 saturated heterocycles. The summed E-state index contributed by atoms with van der Waals surface area (Å²) in [7, 11) is 2.13. The third kappa shape index (κ3) is 2.39. The minimum absolute atomic E-state index is 0.490. The van der Waals surface area contributed by atoms with E-state index >= 15 is 0 Å². The van der Waals surface area contributed by atoms with Gasteiger partial charge in [-0.1, -0.05) is 28.1 Å². The first kappa shape index (κ1) is 11.1. The molecule has 82 valence electrons. The SMILES string of the molecule is CN1CC(c2ccc(CNO)cc2Br)C1. The lowest BCUT2D eigenvalue weighted by Gasteiger charge is -2.37. The van der Waals surface area contributed by atoms with Crippen molar-refractivity contribution >= 4 is 15.9 Å². The second-order valence-electron chi connectivity index (χ2n) is 4.11. The summed E-state index contributed by atoms with van der Waals surface area (Å²) in [5.41, 5.74) is 4.62. The number of hydrogen-bond donors (Lipinski definition) is 2. The number of hydrogen-bond acceptors (Lipinski definition) is 3. The quantitative estimate of drug-likeness (QED) is 0.825. The van der Waals surface area contributed by atoms with Crippen LogP contribution in [0.3, 0.4) is 0 Å². The van der Waals surface area contributed by atoms with Crippen molar-refractivity contribution in [2.24, 2.45) is 0 Å². The predicted molar refractivity (Wildman–Crippen MR) is 63.0 cm³/mol. The van der Waals surface area contributed by atoms with Gasteiger partial charge < -0.3 is 10.1 Å². The summed E-state index contributed by atoms with van der Waals surface area (Å²) in [5, 5.41) is 8.61. The number of hydroxylamine groups is 1. The smallest absolute Gasteiger partial charge is 0.0458 e. The van der Waals surface area contributed by atoms with Crippen LogP contribution in [0.2, 0.25) is 0 Å². The molecule has 1 aromatic rings. The van der Waals surface area contributed by atoms with E-state index in [0.717, 1.165) is 23.1 Å². The number of benzene rings is 1. The topological polar surface area (TPSA) is 35.5 Å². The fourth-order valence-corrected chi connectivity index (χ4v) is 2.75. The zero-order valence-electron chi connectivity index (χ0n) is 8.70. The molecule has 1 aliphatic rings. The molecule has 0 amide bonds. The highest BCUT2D eigenvalue weighted by atomic mass is 79.9. The Balaban J connectivity index is 2.12. The minimum Gasteiger partial charge on any atom is -0.316 e. The van der Waals surface area contributed by atoms with E-state index < -0.39 is 0 Å². The van der Waals surface area contributed by atoms with Gasteiger partial charge in [-0.3, -0.25) is 0 Å². The molecule has 0 unspecified atom stereocenters. The number of rotatable bonds is 3. The van der Waals surface area contributed by atoms with Gasteiger partial charge in [-0.2, -0.15) is 0 Å². The summed E-state index contributed by atoms with van der Waals surface area (Å²) >= 11 is 3.58. The normalized spacial score (nSPS) is 17.8. The van der Waals surface area contributed by atoms with Gasteiger partial charge in [-0.25, -0.2) is 5.48 Å². The Kier molecular flexibility index (Phi) is 3.41. The Bertz CT molecular complexity index is 350. The molecule has 3 nitrogen and oxygen atoms in total. The second-order valence-corrected chi connectivity index (χ2v) is 4.96. The predicted octanol–water partition coefficient (Wildman–Crippen LogP) is 1.96. The molecule has 0 aliphatic carbocycles. The van der Waals surface area contributed by atoms with Gasteiger partial charge >= 0.3 is 0 Å². The van der Waals surface area contributed by atoms with E-state index in [9.17, 15) is 0 Å². The Labute approximate surface area is 98.2 Å². The van der Waals surface area contributed by atoms with Crippen molar-refractivity contribution < 1.29 is 5.21 Å². The van der Waals surface area contributed by atoms with Gasteiger partial charge in [-0.05, 0) is 24.2 Å². The molecular formula is C11H15BrN2O. The Hall–Kier alpha value is -0.420. The van der Waals surface area contributed by atoms with Crippen molar-refractivity contribution in [3.8, 4) is 0 Å². The maximum absolute atomic E-state index is 8.61. The molecule has 1 aromatic carbocycles. The first-order valence-electron chi connectivity index (χ1n) is 5.04. The van der Waals surface area contributed by atoms with Gasteiger partial charge in [0.1, 0.15) is 0 Å². The fraction of sp³-hybridized carbons (Fsp3) is 0.455. The molecule has 0 aromatic heterocycles. The van der Waals surface area contributed by atoms with Crippen LogP contribution < -0.4 is 5.48 Å². The molecule has 0 saturated carbocycles. The van der Waals surface area contributed by atoms with Crippen LogP contribution in [0, 0.1) is 0 Å². The van der Waals surface area contributed by atoms with Crippen LogP contribution in [0.25, 0.3) is 0 Å². The number of nitrogens with one attached hydrogen (secondary N) is 1. The molecule has 1 fully saturated rings. The maximum atomic E-state index is 8.61. The van der Waals surface area contributed by atoms with Crippen LogP contribution in [0.1, 0.15) is 17.0 Å². The maximum Gasteiger partial charge on any atom is 0.0458 e. The monoisotopic (exact) mass is 270 g/mol. The van der Waals surface area contributed by atoms with Gasteiger partial charge in [0.2, 0.25) is 0 Å². The first-order chi connectivity index (χ1) is 7.20. The van der Waals surface area contributed by atoms with Crippen LogP contribution in [0.15, 0.2) is 22.7 Å². The summed E-state index contributed by atoms with van der Waals surface area (Å²) in [5.74, 6) is 0.653. The van der Waals surface area contributed by atoms with Crippen LogP contribution in [-0.2, 0) is 6.54 Å². The molecule has 0 spiro atoms. The zero-order chi connectivity index (χ0) is 10.8. The zero-order valence-corrected chi connectivity index (χ0v) is 10.3. The first-order valence-corrected chi connectivity index (χ1v) is 5.84. The summed E-state index contributed by atoms with van der Waals surface area (Å²) in [6, 6.07) is 6.27. The minimum atomic E-state index is 0.490. The van der Waals surface area contributed by atoms with Gasteiger partial charge in [0.15, 0.2) is 0 Å². The van der Waals surface area contributed by atoms with E-state index in [2.05, 4.69) is 51.6 Å². The van der Waals surface area contributed by atoms with Gasteiger partial charge in [0, 0.05) is 30.0 Å². The number of likely N-dealkylation sites (tertiary alicyclic amines) is 1. The molecule has 1 aliphatic heterocycles. The second kappa shape index (κ2) is 4.61. The van der Waals surface area contributed by atoms with Gasteiger partial charge in [0.25, 0.3) is 0 Å². The third-order valence-corrected chi connectivity index (χ3v) is 3.54. The van der Waals surface area contributed by atoms with Crippen LogP contribution >= 0.6 is 15.9 Å². The molecule has 4 heteroatoms. The summed E-state index contributed by atoms with van der Waals surface area (Å²) in [6.45, 7) is 2.76. The molecular weight excluding hydrogens is 256 g/mol. The van der Waals surface area contributed by atoms with E-state index in [1.54, 1.807) is 0 Å². The summed E-state index contributed by atoms with van der Waals surface area (Å²) in [4.78, 5) is 2.31. The Morgan fingerprint density at radius 1 is 1.53 bits per heavy atom. The van der Waals surface area contributed by atoms with E-state index in [1.807, 2.05) is 0 Å². The van der Waals surface area contributed by atoms with Crippen LogP contribution in [0.5, 0.6) is 0 Å². The van der Waals surface area contributed by atoms with E-state index in [1.165, 1.54) is 5.56 Å². The van der Waals surface area contributed by atoms with Crippen molar-refractivity contribution in [1.29, 1.82) is 0 Å². The molecule has 2 rings (SSSR count).